The van der Waals surface area contributed by atoms with E-state index in [9.17, 15) is 22.8 Å². The first-order valence-electron chi connectivity index (χ1n) is 8.60. The van der Waals surface area contributed by atoms with Gasteiger partial charge in [0.15, 0.2) is 15.8 Å². The van der Waals surface area contributed by atoms with E-state index in [1.54, 1.807) is 36.0 Å². The number of ketones is 2. The van der Waals surface area contributed by atoms with Gasteiger partial charge in [0, 0.05) is 11.1 Å². The second-order valence-electron chi connectivity index (χ2n) is 6.56. The summed E-state index contributed by atoms with van der Waals surface area (Å²) in [5.74, 6) is -0.347. The predicted molar refractivity (Wildman–Crippen MR) is 98.5 cm³/mol. The van der Waals surface area contributed by atoms with Crippen molar-refractivity contribution in [3.8, 4) is 5.69 Å². The Morgan fingerprint density at radius 2 is 1.45 bits per heavy atom. The molecule has 4 rings (SSSR count). The van der Waals surface area contributed by atoms with E-state index in [4.69, 9.17) is 13.0 Å². The highest BCUT2D eigenvalue weighted by Gasteiger charge is 2.42. The lowest BCUT2D eigenvalue weighted by Crippen LogP contribution is -2.39. The molecule has 0 bridgehead atoms. The van der Waals surface area contributed by atoms with Gasteiger partial charge < -0.3 is 4.55 Å². The normalized spacial score (nSPS) is 13.2. The molecule has 0 amide bonds. The number of rotatable bonds is 1. The molecule has 1 heterocycles. The van der Waals surface area contributed by atoms with E-state index in [1.165, 1.54) is 4.68 Å². The summed E-state index contributed by atoms with van der Waals surface area (Å²) in [5, 5.41) is 4.37. The Bertz CT molecular complexity index is 1300. The predicted octanol–water partition coefficient (Wildman–Crippen LogP) is 1.83. The van der Waals surface area contributed by atoms with Crippen molar-refractivity contribution in [2.45, 2.75) is 12.4 Å². The molecule has 8 nitrogen and oxygen atoms in total. The first-order chi connectivity index (χ1) is 14.3. The first-order valence-corrected chi connectivity index (χ1v) is 10.0. The van der Waals surface area contributed by atoms with Gasteiger partial charge in [0.1, 0.15) is 7.05 Å². The lowest BCUT2D eigenvalue weighted by molar-refractivity contribution is -0.733. The SMILES string of the molecule is Cc1ccc(-n2n[n+](C)c3c2C(=O)c2ccccc2C3=O)cc1.O=S(=O)([O-])C(F)(F)F. The van der Waals surface area contributed by atoms with E-state index in [2.05, 4.69) is 5.21 Å². The van der Waals surface area contributed by atoms with Gasteiger partial charge in [0.2, 0.25) is 17.3 Å². The fourth-order valence-electron chi connectivity index (χ4n) is 2.94. The van der Waals surface area contributed by atoms with E-state index in [1.807, 2.05) is 31.2 Å². The summed E-state index contributed by atoms with van der Waals surface area (Å²) in [6.45, 7) is 1.99. The van der Waals surface area contributed by atoms with Gasteiger partial charge in [-0.2, -0.15) is 13.2 Å². The van der Waals surface area contributed by atoms with Crippen LogP contribution in [0.15, 0.2) is 48.5 Å². The number of alkyl halides is 3. The minimum absolute atomic E-state index is 0.170. The summed E-state index contributed by atoms with van der Waals surface area (Å²) in [6, 6.07) is 14.6. The number of aryl methyl sites for hydroxylation is 2. The zero-order chi connectivity index (χ0) is 23.1. The van der Waals surface area contributed by atoms with E-state index < -0.39 is 15.6 Å². The highest BCUT2D eigenvalue weighted by atomic mass is 32.2. The van der Waals surface area contributed by atoms with E-state index in [0.29, 0.717) is 22.5 Å². The number of aromatic nitrogens is 3. The number of benzene rings is 2. The molecule has 2 aromatic carbocycles. The molecule has 0 saturated heterocycles. The van der Waals surface area contributed by atoms with Crippen LogP contribution in [0.5, 0.6) is 0 Å². The Morgan fingerprint density at radius 1 is 0.968 bits per heavy atom. The zero-order valence-corrected chi connectivity index (χ0v) is 16.9. The lowest BCUT2D eigenvalue weighted by atomic mass is 9.90. The number of hydrogen-bond donors (Lipinski definition) is 0. The van der Waals surface area contributed by atoms with E-state index in [0.717, 1.165) is 11.3 Å². The molecule has 0 spiro atoms. The van der Waals surface area contributed by atoms with Gasteiger partial charge in [-0.05, 0) is 19.1 Å². The van der Waals surface area contributed by atoms with Crippen molar-refractivity contribution in [1.29, 1.82) is 0 Å². The van der Waals surface area contributed by atoms with Crippen LogP contribution in [0.2, 0.25) is 0 Å². The van der Waals surface area contributed by atoms with Gasteiger partial charge in [-0.3, -0.25) is 9.59 Å². The van der Waals surface area contributed by atoms with Crippen molar-refractivity contribution in [2.24, 2.45) is 7.05 Å². The fourth-order valence-corrected chi connectivity index (χ4v) is 2.94. The van der Waals surface area contributed by atoms with Crippen LogP contribution in [-0.4, -0.2) is 39.9 Å². The summed E-state index contributed by atoms with van der Waals surface area (Å²) in [4.78, 5) is 25.6. The topological polar surface area (TPSA) is 113 Å². The molecule has 3 aromatic rings. The van der Waals surface area contributed by atoms with Gasteiger partial charge >= 0.3 is 5.51 Å². The zero-order valence-electron chi connectivity index (χ0n) is 16.0. The molecule has 12 heteroatoms. The summed E-state index contributed by atoms with van der Waals surface area (Å²) >= 11 is 0. The van der Waals surface area contributed by atoms with Crippen molar-refractivity contribution >= 4 is 21.7 Å². The van der Waals surface area contributed by atoms with Crippen molar-refractivity contribution in [3.63, 3.8) is 0 Å². The molecule has 0 radical (unpaired) electrons. The molecule has 162 valence electrons. The maximum Gasteiger partial charge on any atom is 0.485 e. The largest absolute Gasteiger partial charge is 0.741 e. The average Bonchev–Trinajstić information content (AvgIpc) is 3.03. The smallest absolute Gasteiger partial charge is 0.485 e. The van der Waals surface area contributed by atoms with Crippen LogP contribution in [0.3, 0.4) is 0 Å². The molecule has 0 unspecified atom stereocenters. The van der Waals surface area contributed by atoms with Crippen LogP contribution in [0.4, 0.5) is 13.2 Å². The number of hydrogen-bond acceptors (Lipinski definition) is 6. The highest BCUT2D eigenvalue weighted by Crippen LogP contribution is 2.26. The summed E-state index contributed by atoms with van der Waals surface area (Å²) < 4.78 is 61.9. The third kappa shape index (κ3) is 4.11. The molecule has 1 aromatic heterocycles. The van der Waals surface area contributed by atoms with Gasteiger partial charge in [-0.15, -0.1) is 4.68 Å². The molecule has 0 atom stereocenters. The van der Waals surface area contributed by atoms with Gasteiger partial charge in [-0.25, -0.2) is 8.42 Å². The summed E-state index contributed by atoms with van der Waals surface area (Å²) in [6.07, 6.45) is 0. The van der Waals surface area contributed by atoms with Crippen LogP contribution in [0.1, 0.15) is 37.7 Å². The Labute approximate surface area is 174 Å². The molecular formula is C19H14F3N3O5S. The molecule has 0 saturated carbocycles. The van der Waals surface area contributed by atoms with Crippen molar-refractivity contribution < 1.29 is 40.4 Å². The van der Waals surface area contributed by atoms with Crippen molar-refractivity contribution in [2.75, 3.05) is 0 Å². The third-order valence-corrected chi connectivity index (χ3v) is 4.96. The fraction of sp³-hybridized carbons (Fsp3) is 0.158. The van der Waals surface area contributed by atoms with Gasteiger partial charge in [0.25, 0.3) is 5.69 Å². The Hall–Kier alpha value is -3.38. The Balaban J connectivity index is 0.000000293. The van der Waals surface area contributed by atoms with Crippen LogP contribution in [-0.2, 0) is 17.2 Å². The standard InChI is InChI=1S/C18H14N3O2.CHF3O3S/c1-11-7-9-12(10-8-11)21-16-15(20(2)19-21)17(22)13-5-3-4-6-14(13)18(16)23;2-1(3,4)8(5,6)7/h3-10H,1-2H3;(H,5,6,7)/q+1;/p-1. The quantitative estimate of drug-likeness (QED) is 0.247. The number of carbonyl (C=O) groups is 2. The van der Waals surface area contributed by atoms with E-state index in [-0.39, 0.29) is 11.6 Å². The molecule has 1 aliphatic carbocycles. The molecule has 31 heavy (non-hydrogen) atoms. The van der Waals surface area contributed by atoms with E-state index >= 15 is 0 Å². The highest BCUT2D eigenvalue weighted by molar-refractivity contribution is 7.86. The molecular weight excluding hydrogens is 439 g/mol. The van der Waals surface area contributed by atoms with Crippen LogP contribution in [0, 0.1) is 6.92 Å². The van der Waals surface area contributed by atoms with Gasteiger partial charge in [-0.1, -0.05) is 46.6 Å². The number of carbonyl (C=O) groups excluding carboxylic acids is 2. The number of nitrogens with zero attached hydrogens (tertiary/aromatic N) is 3. The minimum atomic E-state index is -6.09. The van der Waals surface area contributed by atoms with Gasteiger partial charge in [0.05, 0.1) is 5.21 Å². The number of fused-ring (bicyclic) bond motifs is 2. The number of halogens is 3. The maximum absolute atomic E-state index is 12.9. The maximum atomic E-state index is 12.9. The summed E-state index contributed by atoms with van der Waals surface area (Å²) in [5.41, 5.74) is -2.26. The molecule has 0 fully saturated rings. The Morgan fingerprint density at radius 3 is 1.94 bits per heavy atom. The van der Waals surface area contributed by atoms with Crippen molar-refractivity contribution in [3.05, 3.63) is 76.6 Å². The van der Waals surface area contributed by atoms with Crippen molar-refractivity contribution in [1.82, 2.24) is 9.90 Å². The summed E-state index contributed by atoms with van der Waals surface area (Å²) in [7, 11) is -4.41. The lowest BCUT2D eigenvalue weighted by Gasteiger charge is -2.10. The molecule has 1 aliphatic rings. The van der Waals surface area contributed by atoms with Crippen LogP contribution < -0.4 is 4.68 Å². The van der Waals surface area contributed by atoms with Crippen LogP contribution >= 0.6 is 0 Å². The average molecular weight is 453 g/mol. The van der Waals surface area contributed by atoms with Crippen LogP contribution in [0.25, 0.3) is 5.69 Å². The monoisotopic (exact) mass is 453 g/mol. The molecule has 0 N–H and O–H groups in total. The molecule has 0 aliphatic heterocycles. The first kappa shape index (κ1) is 22.3. The second kappa shape index (κ2) is 7.71. The second-order valence-corrected chi connectivity index (χ2v) is 7.93. The third-order valence-electron chi connectivity index (χ3n) is 4.39. The minimum Gasteiger partial charge on any atom is -0.741 e. The Kier molecular flexibility index (Phi) is 5.54.